The largest absolute Gasteiger partial charge is 0.491 e. The Morgan fingerprint density at radius 3 is 2.53 bits per heavy atom. The molecule has 8 heteroatoms. The summed E-state index contributed by atoms with van der Waals surface area (Å²) in [6.07, 6.45) is 4.80. The van der Waals surface area contributed by atoms with Crippen molar-refractivity contribution in [3.63, 3.8) is 0 Å². The van der Waals surface area contributed by atoms with Crippen molar-refractivity contribution < 1.29 is 17.9 Å². The Hall–Kier alpha value is -2.61. The molecule has 0 saturated heterocycles. The molecule has 0 aliphatic carbocycles. The summed E-state index contributed by atoms with van der Waals surface area (Å²) < 4.78 is 33.1. The van der Waals surface area contributed by atoms with E-state index in [0.29, 0.717) is 18.0 Å². The van der Waals surface area contributed by atoms with Crippen LogP contribution < -0.4 is 10.1 Å². The highest BCUT2D eigenvalue weighted by molar-refractivity contribution is 7.90. The highest BCUT2D eigenvalue weighted by Gasteiger charge is 2.30. The van der Waals surface area contributed by atoms with Gasteiger partial charge < -0.3 is 15.0 Å². The minimum absolute atomic E-state index is 0.0655. The molecule has 7 nitrogen and oxygen atoms in total. The summed E-state index contributed by atoms with van der Waals surface area (Å²) in [5.74, 6) is 0.879. The van der Waals surface area contributed by atoms with Gasteiger partial charge in [-0.1, -0.05) is 39.0 Å². The molecule has 1 aromatic carbocycles. The van der Waals surface area contributed by atoms with Crippen LogP contribution in [-0.2, 0) is 14.8 Å². The lowest BCUT2D eigenvalue weighted by Crippen LogP contribution is -2.48. The molecule has 0 saturated carbocycles. The molecule has 2 aliphatic heterocycles. The number of carbonyl (C=O) groups excluding carboxylic acids is 1. The summed E-state index contributed by atoms with van der Waals surface area (Å²) in [6.45, 7) is 10.8. The molecule has 3 rings (SSSR count). The van der Waals surface area contributed by atoms with Crippen molar-refractivity contribution in [2.75, 3.05) is 18.9 Å². The number of hydrogen-bond acceptors (Lipinski definition) is 5. The average Bonchev–Trinajstić information content (AvgIpc) is 2.64. The van der Waals surface area contributed by atoms with E-state index in [0.717, 1.165) is 16.9 Å². The first-order valence-corrected chi connectivity index (χ1v) is 11.6. The molecular formula is C22H29N3O4S. The first-order chi connectivity index (χ1) is 14.0. The molecule has 2 heterocycles. The van der Waals surface area contributed by atoms with Crippen molar-refractivity contribution in [3.8, 4) is 5.75 Å². The van der Waals surface area contributed by atoms with Gasteiger partial charge in [-0.25, -0.2) is 8.42 Å². The molecule has 162 valence electrons. The van der Waals surface area contributed by atoms with E-state index >= 15 is 0 Å². The molecular weight excluding hydrogens is 402 g/mol. The summed E-state index contributed by atoms with van der Waals surface area (Å²) in [6, 6.07) is 5.77. The van der Waals surface area contributed by atoms with Crippen LogP contribution in [0.15, 0.2) is 46.5 Å². The van der Waals surface area contributed by atoms with Gasteiger partial charge in [0.2, 0.25) is 0 Å². The van der Waals surface area contributed by atoms with Gasteiger partial charge in [-0.2, -0.15) is 0 Å². The minimum Gasteiger partial charge on any atom is -0.491 e. The average molecular weight is 432 g/mol. The maximum Gasteiger partial charge on any atom is 0.256 e. The normalized spacial score (nSPS) is 18.8. The molecule has 0 radical (unpaired) electrons. The smallest absolute Gasteiger partial charge is 0.256 e. The number of amides is 1. The number of ether oxygens (including phenoxy) is 1. The third kappa shape index (κ3) is 5.11. The van der Waals surface area contributed by atoms with E-state index in [1.165, 1.54) is 0 Å². The van der Waals surface area contributed by atoms with Crippen molar-refractivity contribution in [2.45, 2.75) is 40.7 Å². The van der Waals surface area contributed by atoms with Crippen LogP contribution in [0, 0.1) is 19.3 Å². The Morgan fingerprint density at radius 1 is 1.23 bits per heavy atom. The maximum atomic E-state index is 12.9. The number of hydrogen-bond donors (Lipinski definition) is 1. The van der Waals surface area contributed by atoms with Crippen molar-refractivity contribution in [2.24, 2.45) is 9.81 Å². The minimum atomic E-state index is -3.42. The molecule has 0 bridgehead atoms. The van der Waals surface area contributed by atoms with Crippen LogP contribution in [0.3, 0.4) is 0 Å². The number of nitrogens with one attached hydrogen (secondary N) is 1. The molecule has 0 spiro atoms. The number of aryl methyl sites for hydroxylation is 2. The lowest BCUT2D eigenvalue weighted by Gasteiger charge is -2.32. The lowest BCUT2D eigenvalue weighted by molar-refractivity contribution is -0.119. The molecule has 0 fully saturated rings. The van der Waals surface area contributed by atoms with Crippen molar-refractivity contribution in [3.05, 3.63) is 53.3 Å². The summed E-state index contributed by atoms with van der Waals surface area (Å²) in [5.41, 5.74) is 2.34. The molecule has 30 heavy (non-hydrogen) atoms. The van der Waals surface area contributed by atoms with E-state index in [1.54, 1.807) is 23.3 Å². The fourth-order valence-electron chi connectivity index (χ4n) is 3.28. The molecule has 1 amide bonds. The third-order valence-electron chi connectivity index (χ3n) is 5.24. The monoisotopic (exact) mass is 431 g/mol. The van der Waals surface area contributed by atoms with Gasteiger partial charge in [-0.15, -0.1) is 4.40 Å². The van der Waals surface area contributed by atoms with Crippen molar-refractivity contribution in [1.29, 1.82) is 0 Å². The van der Waals surface area contributed by atoms with Gasteiger partial charge >= 0.3 is 0 Å². The summed E-state index contributed by atoms with van der Waals surface area (Å²) >= 11 is 0. The Bertz CT molecular complexity index is 1010. The molecule has 1 unspecified atom stereocenters. The van der Waals surface area contributed by atoms with E-state index in [2.05, 4.69) is 30.5 Å². The molecule has 1 aromatic rings. The summed E-state index contributed by atoms with van der Waals surface area (Å²) in [4.78, 5) is 14.6. The number of benzene rings is 1. The van der Waals surface area contributed by atoms with Crippen LogP contribution in [0.1, 0.15) is 31.9 Å². The molecule has 0 aromatic heterocycles. The van der Waals surface area contributed by atoms with E-state index < -0.39 is 10.0 Å². The Balaban J connectivity index is 1.72. The fourth-order valence-corrected chi connectivity index (χ4v) is 4.25. The van der Waals surface area contributed by atoms with Crippen molar-refractivity contribution >= 4 is 21.8 Å². The first-order valence-electron chi connectivity index (χ1n) is 9.95. The zero-order valence-corrected chi connectivity index (χ0v) is 18.9. The highest BCUT2D eigenvalue weighted by Crippen LogP contribution is 2.26. The summed E-state index contributed by atoms with van der Waals surface area (Å²) in [5, 5.41) is 3.08. The van der Waals surface area contributed by atoms with E-state index in [9.17, 15) is 13.2 Å². The van der Waals surface area contributed by atoms with E-state index in [-0.39, 0.29) is 29.7 Å². The maximum absolute atomic E-state index is 12.9. The summed E-state index contributed by atoms with van der Waals surface area (Å²) in [7, 11) is -3.42. The van der Waals surface area contributed by atoms with Gasteiger partial charge in [0.15, 0.2) is 0 Å². The van der Waals surface area contributed by atoms with Gasteiger partial charge in [0.1, 0.15) is 18.2 Å². The van der Waals surface area contributed by atoms with Gasteiger partial charge in [0, 0.05) is 12.7 Å². The van der Waals surface area contributed by atoms with Gasteiger partial charge in [-0.05, 0) is 42.5 Å². The molecule has 2 aliphatic rings. The first kappa shape index (κ1) is 22.1. The number of para-hydroxylation sites is 1. The van der Waals surface area contributed by atoms with E-state index in [1.807, 2.05) is 32.0 Å². The predicted molar refractivity (Wildman–Crippen MR) is 118 cm³/mol. The molecule has 1 atom stereocenters. The van der Waals surface area contributed by atoms with Crippen LogP contribution in [0.25, 0.3) is 0 Å². The second-order valence-corrected chi connectivity index (χ2v) is 10.5. The van der Waals surface area contributed by atoms with Gasteiger partial charge in [-0.3, -0.25) is 4.79 Å². The number of fused-ring (bicyclic) bond motifs is 1. The van der Waals surface area contributed by atoms with Crippen LogP contribution in [0.2, 0.25) is 0 Å². The number of nitrogens with zero attached hydrogens (tertiary/aromatic N) is 2. The Morgan fingerprint density at radius 2 is 1.90 bits per heavy atom. The number of sulfonamides is 1. The zero-order valence-electron chi connectivity index (χ0n) is 18.1. The predicted octanol–water partition coefficient (Wildman–Crippen LogP) is 2.71. The quantitative estimate of drug-likeness (QED) is 0.774. The van der Waals surface area contributed by atoms with Crippen LogP contribution >= 0.6 is 0 Å². The van der Waals surface area contributed by atoms with Crippen LogP contribution in [0.4, 0.5) is 0 Å². The fraction of sp³-hybridized carbons (Fsp3) is 0.455. The highest BCUT2D eigenvalue weighted by atomic mass is 32.2. The van der Waals surface area contributed by atoms with Gasteiger partial charge in [0.05, 0.1) is 17.4 Å². The Kier molecular flexibility index (Phi) is 6.08. The second-order valence-electron chi connectivity index (χ2n) is 8.77. The van der Waals surface area contributed by atoms with E-state index in [4.69, 9.17) is 4.74 Å². The number of amidine groups is 1. The standard InChI is InChI=1S/C22H29N3O4S/c1-15-7-6-8-16(2)20(15)29-14-18(22(3,4)5)23-21(26)17-9-10-19-24-30(27,28)12-11-25(19)13-17/h6-10,13,18H,11-12,14H2,1-5H3,(H,23,26). The topological polar surface area (TPSA) is 88.1 Å². The number of rotatable bonds is 5. The SMILES string of the molecule is Cc1cccc(C)c1OCC(NC(=O)C1=CN2CCS(=O)(=O)N=C2C=C1)C(C)(C)C. The second kappa shape index (κ2) is 8.26. The lowest BCUT2D eigenvalue weighted by atomic mass is 9.87. The van der Waals surface area contributed by atoms with Crippen molar-refractivity contribution in [1.82, 2.24) is 10.2 Å². The van der Waals surface area contributed by atoms with Gasteiger partial charge in [0.25, 0.3) is 15.9 Å². The third-order valence-corrected chi connectivity index (χ3v) is 6.40. The van der Waals surface area contributed by atoms with Crippen LogP contribution in [-0.4, -0.2) is 50.0 Å². The number of carbonyl (C=O) groups is 1. The molecule has 1 N–H and O–H groups in total. The van der Waals surface area contributed by atoms with Crippen LogP contribution in [0.5, 0.6) is 5.75 Å². The zero-order chi connectivity index (χ0) is 22.1. The Labute approximate surface area is 178 Å².